The SMILES string of the molecule is NC(=O)C1=C(O)C2(O)C(CC1=O)CC1Cc3c(c(O)c(N)c(Cl)c3[N+](=O)[O-])C(=O)C1C2O. The van der Waals surface area contributed by atoms with Crippen LogP contribution in [0.15, 0.2) is 11.3 Å². The average molecular weight is 468 g/mol. The van der Waals surface area contributed by atoms with Gasteiger partial charge in [0.1, 0.15) is 28.1 Å². The maximum Gasteiger partial charge on any atom is 0.294 e. The fraction of sp³-hybridized carbons (Fsp3) is 0.421. The quantitative estimate of drug-likeness (QED) is 0.111. The number of primary amides is 1. The molecule has 0 heterocycles. The van der Waals surface area contributed by atoms with Crippen LogP contribution >= 0.6 is 11.6 Å². The number of carbonyl (C=O) groups is 3. The van der Waals surface area contributed by atoms with Gasteiger partial charge in [0.2, 0.25) is 0 Å². The molecule has 1 aromatic carbocycles. The number of phenols is 1. The number of nitro benzene ring substituents is 1. The Morgan fingerprint density at radius 1 is 1.25 bits per heavy atom. The van der Waals surface area contributed by atoms with Crippen molar-refractivity contribution in [2.24, 2.45) is 23.5 Å². The Balaban J connectivity index is 1.91. The highest BCUT2D eigenvalue weighted by Gasteiger charge is 2.63. The average Bonchev–Trinajstić information content (AvgIpc) is 2.68. The number of nitrogens with two attached hydrogens (primary N) is 2. The van der Waals surface area contributed by atoms with Crippen molar-refractivity contribution in [2.45, 2.75) is 31.0 Å². The van der Waals surface area contributed by atoms with E-state index in [1.54, 1.807) is 0 Å². The normalized spacial score (nSPS) is 31.6. The maximum atomic E-state index is 13.3. The van der Waals surface area contributed by atoms with Gasteiger partial charge in [-0.1, -0.05) is 11.6 Å². The van der Waals surface area contributed by atoms with E-state index in [0.29, 0.717) is 0 Å². The minimum Gasteiger partial charge on any atom is -0.508 e. The van der Waals surface area contributed by atoms with E-state index in [9.17, 15) is 44.9 Å². The summed E-state index contributed by atoms with van der Waals surface area (Å²) in [6.45, 7) is 0. The van der Waals surface area contributed by atoms with Gasteiger partial charge in [-0.2, -0.15) is 0 Å². The summed E-state index contributed by atoms with van der Waals surface area (Å²) < 4.78 is 0. The molecule has 170 valence electrons. The van der Waals surface area contributed by atoms with Gasteiger partial charge in [-0.05, 0) is 18.8 Å². The molecular weight excluding hydrogens is 450 g/mol. The van der Waals surface area contributed by atoms with Gasteiger partial charge in [-0.25, -0.2) is 0 Å². The number of hydrogen-bond donors (Lipinski definition) is 6. The van der Waals surface area contributed by atoms with Crippen molar-refractivity contribution < 1.29 is 39.7 Å². The zero-order valence-corrected chi connectivity index (χ0v) is 17.0. The van der Waals surface area contributed by atoms with Crippen LogP contribution in [0.5, 0.6) is 5.75 Å². The largest absolute Gasteiger partial charge is 0.508 e. The molecule has 1 saturated carbocycles. The van der Waals surface area contributed by atoms with Crippen molar-refractivity contribution in [3.63, 3.8) is 0 Å². The number of nitro groups is 1. The van der Waals surface area contributed by atoms with Crippen LogP contribution in [0.2, 0.25) is 5.02 Å². The minimum atomic E-state index is -2.54. The second-order valence-corrected chi connectivity index (χ2v) is 8.69. The number of aromatic hydroxyl groups is 1. The number of fused-ring (bicyclic) bond motifs is 3. The number of amides is 1. The van der Waals surface area contributed by atoms with E-state index < -0.39 is 97.3 Å². The number of halogens is 1. The Morgan fingerprint density at radius 3 is 2.44 bits per heavy atom. The number of carbonyl (C=O) groups excluding carboxylic acids is 3. The predicted octanol–water partition coefficient (Wildman–Crippen LogP) is -0.111. The number of ketones is 2. The van der Waals surface area contributed by atoms with Crippen molar-refractivity contribution in [3.8, 4) is 5.75 Å². The van der Waals surface area contributed by atoms with Crippen LogP contribution in [0, 0.1) is 27.9 Å². The number of aliphatic hydroxyl groups is 3. The molecule has 4 rings (SSSR count). The van der Waals surface area contributed by atoms with E-state index >= 15 is 0 Å². The summed E-state index contributed by atoms with van der Waals surface area (Å²) in [5, 5.41) is 54.2. The summed E-state index contributed by atoms with van der Waals surface area (Å²) in [6, 6.07) is 0. The van der Waals surface area contributed by atoms with E-state index in [2.05, 4.69) is 0 Å². The fourth-order valence-electron chi connectivity index (χ4n) is 5.36. The zero-order chi connectivity index (χ0) is 23.9. The molecule has 3 aliphatic carbocycles. The molecule has 0 aliphatic heterocycles. The lowest BCUT2D eigenvalue weighted by Crippen LogP contribution is -2.64. The van der Waals surface area contributed by atoms with Gasteiger partial charge in [0.05, 0.1) is 16.4 Å². The summed E-state index contributed by atoms with van der Waals surface area (Å²) in [6.07, 6.45) is -2.76. The van der Waals surface area contributed by atoms with Crippen LogP contribution < -0.4 is 11.5 Å². The summed E-state index contributed by atoms with van der Waals surface area (Å²) in [4.78, 5) is 48.0. The van der Waals surface area contributed by atoms with Crippen LogP contribution in [-0.2, 0) is 16.0 Å². The van der Waals surface area contributed by atoms with Gasteiger partial charge in [-0.3, -0.25) is 24.5 Å². The van der Waals surface area contributed by atoms with E-state index in [1.807, 2.05) is 0 Å². The van der Waals surface area contributed by atoms with Crippen LogP contribution in [0.25, 0.3) is 0 Å². The van der Waals surface area contributed by atoms with E-state index in [4.69, 9.17) is 23.1 Å². The van der Waals surface area contributed by atoms with Gasteiger partial charge in [0.25, 0.3) is 11.6 Å². The Bertz CT molecular complexity index is 1160. The van der Waals surface area contributed by atoms with Crippen LogP contribution in [-0.4, -0.2) is 54.5 Å². The number of rotatable bonds is 2. The van der Waals surface area contributed by atoms with Gasteiger partial charge < -0.3 is 31.9 Å². The first-order valence-electron chi connectivity index (χ1n) is 9.52. The molecule has 1 fully saturated rings. The number of benzene rings is 1. The smallest absolute Gasteiger partial charge is 0.294 e. The Hall–Kier alpha value is -3.22. The Kier molecular flexibility index (Phi) is 4.73. The Morgan fingerprint density at radius 2 is 1.88 bits per heavy atom. The van der Waals surface area contributed by atoms with Gasteiger partial charge in [0, 0.05) is 17.9 Å². The molecule has 1 aromatic rings. The molecule has 5 unspecified atom stereocenters. The van der Waals surface area contributed by atoms with Gasteiger partial charge in [0.15, 0.2) is 22.9 Å². The number of anilines is 1. The van der Waals surface area contributed by atoms with Gasteiger partial charge >= 0.3 is 0 Å². The van der Waals surface area contributed by atoms with Crippen LogP contribution in [0.3, 0.4) is 0 Å². The summed E-state index contributed by atoms with van der Waals surface area (Å²) in [7, 11) is 0. The lowest BCUT2D eigenvalue weighted by Gasteiger charge is -2.52. The third-order valence-electron chi connectivity index (χ3n) is 6.80. The highest BCUT2D eigenvalue weighted by atomic mass is 35.5. The van der Waals surface area contributed by atoms with E-state index in [1.165, 1.54) is 0 Å². The lowest BCUT2D eigenvalue weighted by atomic mass is 9.55. The number of nitrogen functional groups attached to an aromatic ring is 1. The summed E-state index contributed by atoms with van der Waals surface area (Å²) >= 11 is 5.94. The van der Waals surface area contributed by atoms with Crippen LogP contribution in [0.1, 0.15) is 28.8 Å². The third-order valence-corrected chi connectivity index (χ3v) is 7.19. The second kappa shape index (κ2) is 6.89. The molecule has 0 radical (unpaired) electrons. The maximum absolute atomic E-state index is 13.3. The highest BCUT2D eigenvalue weighted by molar-refractivity contribution is 6.36. The summed E-state index contributed by atoms with van der Waals surface area (Å²) in [5.41, 5.74) is 5.45. The molecule has 32 heavy (non-hydrogen) atoms. The topological polar surface area (TPSA) is 227 Å². The second-order valence-electron chi connectivity index (χ2n) is 8.31. The molecule has 5 atom stereocenters. The minimum absolute atomic E-state index is 0.106. The number of nitrogens with zero attached hydrogens (tertiary/aromatic N) is 1. The first-order chi connectivity index (χ1) is 14.8. The highest BCUT2D eigenvalue weighted by Crippen LogP contribution is 2.55. The van der Waals surface area contributed by atoms with Crippen molar-refractivity contribution in [1.82, 2.24) is 0 Å². The van der Waals surface area contributed by atoms with E-state index in [0.717, 1.165) is 0 Å². The van der Waals surface area contributed by atoms with Crippen molar-refractivity contribution in [1.29, 1.82) is 0 Å². The standard InChI is InChI=1S/C19H18ClN3O9/c20-11-12(21)15(26)9-6(13(11)23(31)32)2-4-1-5-3-7(24)10(18(22)29)17(28)19(5,30)16(27)8(4)14(9)25/h4-5,8,16,26-28,30H,1-3,21H2,(H2,22,29). The van der Waals surface area contributed by atoms with Crippen LogP contribution in [0.4, 0.5) is 11.4 Å². The lowest BCUT2D eigenvalue weighted by molar-refractivity contribution is -0.385. The molecule has 0 aromatic heterocycles. The number of phenolic OH excluding ortho intramolecular Hbond substituents is 1. The monoisotopic (exact) mass is 467 g/mol. The third kappa shape index (κ3) is 2.60. The molecule has 12 nitrogen and oxygen atoms in total. The molecule has 3 aliphatic rings. The number of Topliss-reactive ketones (excluding diaryl/α,β-unsaturated/α-hetero) is 2. The first-order valence-corrected chi connectivity index (χ1v) is 9.90. The van der Waals surface area contributed by atoms with Crippen molar-refractivity contribution in [2.75, 3.05) is 5.73 Å². The van der Waals surface area contributed by atoms with Crippen molar-refractivity contribution in [3.05, 3.63) is 37.6 Å². The van der Waals surface area contributed by atoms with Crippen molar-refractivity contribution >= 4 is 40.4 Å². The molecular formula is C19H18ClN3O9. The fourth-order valence-corrected chi connectivity index (χ4v) is 5.63. The molecule has 8 N–H and O–H groups in total. The Labute approximate surface area is 184 Å². The molecule has 0 spiro atoms. The molecule has 13 heteroatoms. The predicted molar refractivity (Wildman–Crippen MR) is 107 cm³/mol. The van der Waals surface area contributed by atoms with Gasteiger partial charge in [-0.15, -0.1) is 0 Å². The molecule has 1 amide bonds. The van der Waals surface area contributed by atoms with E-state index in [-0.39, 0.29) is 18.4 Å². The molecule has 0 saturated heterocycles. The first kappa shape index (κ1) is 22.0. The summed E-state index contributed by atoms with van der Waals surface area (Å²) in [5.74, 6) is -8.34. The number of hydrogen-bond acceptors (Lipinski definition) is 10. The molecule has 0 bridgehead atoms. The number of aliphatic hydroxyl groups excluding tert-OH is 2. The zero-order valence-electron chi connectivity index (χ0n) is 16.2.